The zero-order chi connectivity index (χ0) is 13.5. The molecule has 0 saturated heterocycles. The number of nitrogens with two attached hydrogens (primary N) is 1. The van der Waals surface area contributed by atoms with Crippen molar-refractivity contribution in [1.29, 1.82) is 0 Å². The first kappa shape index (κ1) is 16.0. The third kappa shape index (κ3) is 9.91. The first-order chi connectivity index (χ1) is 7.72. The lowest BCUT2D eigenvalue weighted by Gasteiger charge is -2.07. The maximum Gasteiger partial charge on any atom is 0.303 e. The van der Waals surface area contributed by atoms with E-state index in [0.717, 1.165) is 0 Å². The fraction of sp³-hybridized carbons (Fsp3) is 0.778. The van der Waals surface area contributed by atoms with Gasteiger partial charge in [0.15, 0.2) is 5.78 Å². The van der Waals surface area contributed by atoms with E-state index in [9.17, 15) is 18.0 Å². The van der Waals surface area contributed by atoms with Gasteiger partial charge < -0.3 is 10.8 Å². The average molecular weight is 267 g/mol. The normalized spacial score (nSPS) is 13.3. The Morgan fingerprint density at radius 1 is 1.12 bits per heavy atom. The third-order valence-corrected chi connectivity index (χ3v) is 2.90. The predicted octanol–water partition coefficient (Wildman–Crippen LogP) is -0.194. The van der Waals surface area contributed by atoms with E-state index in [1.807, 2.05) is 0 Å². The van der Waals surface area contributed by atoms with E-state index in [-0.39, 0.29) is 12.8 Å². The monoisotopic (exact) mass is 267 g/mol. The molecular formula is C9H17NO6S. The molecule has 8 heteroatoms. The topological polar surface area (TPSA) is 135 Å². The molecule has 0 saturated carbocycles. The maximum absolute atomic E-state index is 11.3. The fourth-order valence-electron chi connectivity index (χ4n) is 1.26. The first-order valence-electron chi connectivity index (χ1n) is 5.17. The number of hydrogen-bond acceptors (Lipinski definition) is 5. The van der Waals surface area contributed by atoms with Crippen molar-refractivity contribution in [3.63, 3.8) is 0 Å². The van der Waals surface area contributed by atoms with Crippen LogP contribution in [0.1, 0.15) is 32.1 Å². The molecule has 0 aliphatic heterocycles. The third-order valence-electron chi connectivity index (χ3n) is 2.12. The highest BCUT2D eigenvalue weighted by Crippen LogP contribution is 2.05. The van der Waals surface area contributed by atoms with Gasteiger partial charge >= 0.3 is 5.97 Å². The van der Waals surface area contributed by atoms with Crippen LogP contribution in [0.25, 0.3) is 0 Å². The molecule has 0 spiro atoms. The van der Waals surface area contributed by atoms with Gasteiger partial charge in [-0.1, -0.05) is 6.42 Å². The standard InChI is InChI=1S/C9H17NO6S/c10-7(6-17(14,15)16)8(11)4-2-1-3-5-9(12)13/h7H,1-6,10H2,(H,12,13)(H,14,15,16). The molecule has 0 fully saturated rings. The molecule has 0 aromatic heterocycles. The first-order valence-corrected chi connectivity index (χ1v) is 6.78. The molecular weight excluding hydrogens is 250 g/mol. The van der Waals surface area contributed by atoms with Crippen molar-refractivity contribution in [2.45, 2.75) is 38.1 Å². The summed E-state index contributed by atoms with van der Waals surface area (Å²) in [4.78, 5) is 21.5. The van der Waals surface area contributed by atoms with Gasteiger partial charge in [-0.15, -0.1) is 0 Å². The predicted molar refractivity (Wildman–Crippen MR) is 60.1 cm³/mol. The van der Waals surface area contributed by atoms with Crippen LogP contribution in [0, 0.1) is 0 Å². The number of carboxylic acid groups (broad SMARTS) is 1. The van der Waals surface area contributed by atoms with Crippen molar-refractivity contribution < 1.29 is 27.7 Å². The lowest BCUT2D eigenvalue weighted by molar-refractivity contribution is -0.137. The molecule has 7 nitrogen and oxygen atoms in total. The average Bonchev–Trinajstić information content (AvgIpc) is 2.13. The number of carbonyl (C=O) groups is 2. The minimum atomic E-state index is -4.24. The lowest BCUT2D eigenvalue weighted by atomic mass is 10.1. The Hall–Kier alpha value is -0.990. The molecule has 0 heterocycles. The van der Waals surface area contributed by atoms with Gasteiger partial charge in [0.05, 0.1) is 11.8 Å². The van der Waals surface area contributed by atoms with Crippen molar-refractivity contribution in [1.82, 2.24) is 0 Å². The summed E-state index contributed by atoms with van der Waals surface area (Å²) < 4.78 is 29.4. The summed E-state index contributed by atoms with van der Waals surface area (Å²) in [5.74, 6) is -2.11. The number of unbranched alkanes of at least 4 members (excludes halogenated alkanes) is 2. The maximum atomic E-state index is 11.3. The Kier molecular flexibility index (Phi) is 6.93. The Bertz CT molecular complexity index is 364. The molecule has 0 rings (SSSR count). The molecule has 0 bridgehead atoms. The van der Waals surface area contributed by atoms with Crippen molar-refractivity contribution in [3.8, 4) is 0 Å². The van der Waals surface area contributed by atoms with Gasteiger partial charge in [-0.3, -0.25) is 14.1 Å². The SMILES string of the molecule is NC(CS(=O)(=O)O)C(=O)CCCCCC(=O)O. The summed E-state index contributed by atoms with van der Waals surface area (Å²) in [6.45, 7) is 0. The van der Waals surface area contributed by atoms with Crippen LogP contribution in [0.3, 0.4) is 0 Å². The van der Waals surface area contributed by atoms with Gasteiger partial charge in [-0.25, -0.2) is 0 Å². The largest absolute Gasteiger partial charge is 0.481 e. The second-order valence-corrected chi connectivity index (χ2v) is 5.27. The summed E-state index contributed by atoms with van der Waals surface area (Å²) in [7, 11) is -4.24. The van der Waals surface area contributed by atoms with E-state index in [2.05, 4.69) is 0 Å². The minimum absolute atomic E-state index is 0.0469. The molecule has 100 valence electrons. The molecule has 0 aliphatic carbocycles. The highest BCUT2D eigenvalue weighted by molar-refractivity contribution is 7.85. The molecule has 1 atom stereocenters. The van der Waals surface area contributed by atoms with E-state index >= 15 is 0 Å². The summed E-state index contributed by atoms with van der Waals surface area (Å²) >= 11 is 0. The zero-order valence-electron chi connectivity index (χ0n) is 9.33. The van der Waals surface area contributed by atoms with Crippen LogP contribution in [-0.2, 0) is 19.7 Å². The van der Waals surface area contributed by atoms with Crippen LogP contribution in [0.2, 0.25) is 0 Å². The Morgan fingerprint density at radius 3 is 2.12 bits per heavy atom. The highest BCUT2D eigenvalue weighted by atomic mass is 32.2. The smallest absolute Gasteiger partial charge is 0.303 e. The number of carbonyl (C=O) groups excluding carboxylic acids is 1. The van der Waals surface area contributed by atoms with Crippen molar-refractivity contribution in [2.75, 3.05) is 5.75 Å². The van der Waals surface area contributed by atoms with Crippen LogP contribution in [-0.4, -0.2) is 41.6 Å². The number of Topliss-reactive ketones (excluding diaryl/α,β-unsaturated/α-hetero) is 1. The highest BCUT2D eigenvalue weighted by Gasteiger charge is 2.19. The minimum Gasteiger partial charge on any atom is -0.481 e. The number of aliphatic carboxylic acids is 1. The number of carboxylic acids is 1. The summed E-state index contributed by atoms with van der Waals surface area (Å²) in [6.07, 6.45) is 1.64. The molecule has 0 amide bonds. The van der Waals surface area contributed by atoms with E-state index in [1.54, 1.807) is 0 Å². The van der Waals surface area contributed by atoms with Gasteiger partial charge in [0, 0.05) is 12.8 Å². The van der Waals surface area contributed by atoms with E-state index in [0.29, 0.717) is 19.3 Å². The quantitative estimate of drug-likeness (QED) is 0.389. The molecule has 0 aromatic rings. The van der Waals surface area contributed by atoms with Crippen LogP contribution < -0.4 is 5.73 Å². The van der Waals surface area contributed by atoms with Crippen molar-refractivity contribution in [3.05, 3.63) is 0 Å². The van der Waals surface area contributed by atoms with E-state index < -0.39 is 33.7 Å². The summed E-state index contributed by atoms with van der Waals surface area (Å²) in [6, 6.07) is -1.22. The Balaban J connectivity index is 3.75. The van der Waals surface area contributed by atoms with Gasteiger partial charge in [0.25, 0.3) is 10.1 Å². The van der Waals surface area contributed by atoms with Crippen LogP contribution in [0.4, 0.5) is 0 Å². The number of ketones is 1. The Morgan fingerprint density at radius 2 is 1.65 bits per heavy atom. The van der Waals surface area contributed by atoms with Crippen molar-refractivity contribution in [2.24, 2.45) is 5.73 Å². The molecule has 4 N–H and O–H groups in total. The fourth-order valence-corrected chi connectivity index (χ4v) is 1.90. The number of rotatable bonds is 9. The van der Waals surface area contributed by atoms with Crippen LogP contribution in [0.5, 0.6) is 0 Å². The molecule has 17 heavy (non-hydrogen) atoms. The second-order valence-electron chi connectivity index (χ2n) is 3.78. The van der Waals surface area contributed by atoms with Gasteiger partial charge in [-0.05, 0) is 12.8 Å². The zero-order valence-corrected chi connectivity index (χ0v) is 10.1. The van der Waals surface area contributed by atoms with Crippen molar-refractivity contribution >= 4 is 21.9 Å². The van der Waals surface area contributed by atoms with Gasteiger partial charge in [0.1, 0.15) is 0 Å². The van der Waals surface area contributed by atoms with Gasteiger partial charge in [-0.2, -0.15) is 8.42 Å². The molecule has 1 unspecified atom stereocenters. The van der Waals surface area contributed by atoms with E-state index in [1.165, 1.54) is 0 Å². The molecule has 0 radical (unpaired) electrons. The number of hydrogen-bond donors (Lipinski definition) is 3. The second kappa shape index (κ2) is 7.36. The molecule has 0 aromatic carbocycles. The lowest BCUT2D eigenvalue weighted by Crippen LogP contribution is -2.37. The molecule has 0 aliphatic rings. The van der Waals surface area contributed by atoms with Gasteiger partial charge in [0.2, 0.25) is 0 Å². The van der Waals surface area contributed by atoms with Crippen LogP contribution in [0.15, 0.2) is 0 Å². The summed E-state index contributed by atoms with van der Waals surface area (Å²) in [5.41, 5.74) is 5.28. The Labute approximate surface area is 99.7 Å². The summed E-state index contributed by atoms with van der Waals surface area (Å²) in [5, 5.41) is 8.36. The van der Waals surface area contributed by atoms with Crippen LogP contribution >= 0.6 is 0 Å². The van der Waals surface area contributed by atoms with E-state index in [4.69, 9.17) is 15.4 Å².